The third kappa shape index (κ3) is 6.64. The van der Waals surface area contributed by atoms with Crippen LogP contribution in [0.2, 0.25) is 0 Å². The summed E-state index contributed by atoms with van der Waals surface area (Å²) < 4.78 is 8.69. The fraction of sp³-hybridized carbons (Fsp3) is 0. The molecule has 7 heteroatoms. The summed E-state index contributed by atoms with van der Waals surface area (Å²) in [7, 11) is 0. The van der Waals surface area contributed by atoms with Crippen molar-refractivity contribution in [3.63, 3.8) is 0 Å². The number of hydrogen-bond donors (Lipinski definition) is 0. The smallest absolute Gasteiger partial charge is 0.187 e. The minimum absolute atomic E-state index is 0.532. The van der Waals surface area contributed by atoms with Gasteiger partial charge in [0.25, 0.3) is 0 Å². The zero-order valence-corrected chi connectivity index (χ0v) is 35.2. The third-order valence-corrected chi connectivity index (χ3v) is 12.3. The fourth-order valence-corrected chi connectivity index (χ4v) is 9.03. The lowest BCUT2D eigenvalue weighted by Gasteiger charge is -2.16. The molecule has 3 aromatic heterocycles. The standard InChI is InChI=1S/C59H34N6O/c1-61-46-26-20-39(21-27-46)43-24-30-53-50(33-43)49-32-42(38-18-16-37(36-60)17-19-38)23-29-52(49)65(53)54-31-25-44(45-22-28-48-47-14-8-9-15-55(47)66-56(48)35-45)34-51(54)59-63-57(40-10-4-2-5-11-40)62-58(64-59)41-12-6-3-7-13-41/h2-35H. The first kappa shape index (κ1) is 38.3. The van der Waals surface area contributed by atoms with Crippen molar-refractivity contribution in [2.75, 3.05) is 0 Å². The fourth-order valence-electron chi connectivity index (χ4n) is 9.03. The quantitative estimate of drug-likeness (QED) is 0.149. The molecule has 12 rings (SSSR count). The Balaban J connectivity index is 1.13. The van der Waals surface area contributed by atoms with E-state index >= 15 is 0 Å². The Morgan fingerprint density at radius 1 is 0.424 bits per heavy atom. The van der Waals surface area contributed by atoms with Gasteiger partial charge in [-0.1, -0.05) is 140 Å². The normalized spacial score (nSPS) is 11.3. The van der Waals surface area contributed by atoms with Gasteiger partial charge in [-0.25, -0.2) is 19.8 Å². The predicted molar refractivity (Wildman–Crippen MR) is 265 cm³/mol. The number of aromatic nitrogens is 4. The Labute approximate surface area is 379 Å². The van der Waals surface area contributed by atoms with Crippen molar-refractivity contribution in [1.29, 1.82) is 5.26 Å². The van der Waals surface area contributed by atoms with E-state index in [4.69, 9.17) is 25.9 Å². The molecular weight excluding hydrogens is 809 g/mol. The maximum atomic E-state index is 9.54. The van der Waals surface area contributed by atoms with E-state index in [1.165, 1.54) is 0 Å². The lowest BCUT2D eigenvalue weighted by molar-refractivity contribution is 0.669. The van der Waals surface area contributed by atoms with Crippen molar-refractivity contribution in [3.05, 3.63) is 223 Å². The van der Waals surface area contributed by atoms with Crippen LogP contribution in [0.15, 0.2) is 211 Å². The van der Waals surface area contributed by atoms with E-state index < -0.39 is 0 Å². The van der Waals surface area contributed by atoms with Crippen LogP contribution in [-0.4, -0.2) is 19.5 Å². The van der Waals surface area contributed by atoms with Crippen LogP contribution in [0.4, 0.5) is 5.69 Å². The van der Waals surface area contributed by atoms with Crippen molar-refractivity contribution in [1.82, 2.24) is 19.5 Å². The minimum Gasteiger partial charge on any atom is -0.456 e. The van der Waals surface area contributed by atoms with Crippen LogP contribution in [0.3, 0.4) is 0 Å². The molecule has 0 aliphatic heterocycles. The summed E-state index contributed by atoms with van der Waals surface area (Å²) in [6, 6.07) is 72.0. The Hall–Kier alpha value is -9.43. The van der Waals surface area contributed by atoms with Gasteiger partial charge in [-0.2, -0.15) is 5.26 Å². The molecule has 3 heterocycles. The first-order chi connectivity index (χ1) is 32.6. The first-order valence-corrected chi connectivity index (χ1v) is 21.6. The van der Waals surface area contributed by atoms with E-state index in [1.807, 2.05) is 127 Å². The second-order valence-corrected chi connectivity index (χ2v) is 16.2. The Morgan fingerprint density at radius 2 is 0.924 bits per heavy atom. The van der Waals surface area contributed by atoms with Gasteiger partial charge < -0.3 is 8.98 Å². The minimum atomic E-state index is 0.532. The molecule has 0 N–H and O–H groups in total. The van der Waals surface area contributed by atoms with Crippen molar-refractivity contribution in [2.45, 2.75) is 0 Å². The molecule has 9 aromatic carbocycles. The van der Waals surface area contributed by atoms with Crippen LogP contribution in [0.5, 0.6) is 0 Å². The molecule has 0 unspecified atom stereocenters. The van der Waals surface area contributed by atoms with Gasteiger partial charge >= 0.3 is 0 Å². The molecule has 0 atom stereocenters. The van der Waals surface area contributed by atoms with Gasteiger partial charge in [0.1, 0.15) is 11.2 Å². The molecule has 0 aliphatic rings. The summed E-state index contributed by atoms with van der Waals surface area (Å²) in [5.74, 6) is 1.68. The van der Waals surface area contributed by atoms with Crippen LogP contribution >= 0.6 is 0 Å². The molecule has 0 radical (unpaired) electrons. The van der Waals surface area contributed by atoms with E-state index in [9.17, 15) is 5.26 Å². The number of benzene rings is 9. The molecule has 0 aliphatic carbocycles. The highest BCUT2D eigenvalue weighted by Gasteiger charge is 2.22. The van der Waals surface area contributed by atoms with Crippen LogP contribution in [0.1, 0.15) is 5.56 Å². The lowest BCUT2D eigenvalue weighted by atomic mass is 9.99. The zero-order chi connectivity index (χ0) is 44.1. The van der Waals surface area contributed by atoms with Crippen LogP contribution in [0.25, 0.3) is 122 Å². The predicted octanol–water partition coefficient (Wildman–Crippen LogP) is 15.3. The van der Waals surface area contributed by atoms with Crippen molar-refractivity contribution in [2.24, 2.45) is 0 Å². The number of furan rings is 1. The maximum absolute atomic E-state index is 9.54. The summed E-state index contributed by atoms with van der Waals surface area (Å²) >= 11 is 0. The van der Waals surface area contributed by atoms with E-state index in [1.54, 1.807) is 0 Å². The zero-order valence-electron chi connectivity index (χ0n) is 35.2. The van der Waals surface area contributed by atoms with Gasteiger partial charge in [-0.3, -0.25) is 0 Å². The molecule has 0 fully saturated rings. The van der Waals surface area contributed by atoms with Gasteiger partial charge in [0.2, 0.25) is 0 Å². The highest BCUT2D eigenvalue weighted by atomic mass is 16.3. The summed E-state index contributed by atoms with van der Waals surface area (Å²) in [6.07, 6.45) is 0. The van der Waals surface area contributed by atoms with Gasteiger partial charge in [0.15, 0.2) is 23.2 Å². The number of rotatable bonds is 7. The molecule has 0 saturated carbocycles. The van der Waals surface area contributed by atoms with Gasteiger partial charge in [-0.05, 0) is 100 Å². The Bertz CT molecular complexity index is 3760. The summed E-state index contributed by atoms with van der Waals surface area (Å²) in [5, 5.41) is 13.8. The largest absolute Gasteiger partial charge is 0.456 e. The highest BCUT2D eigenvalue weighted by molar-refractivity contribution is 6.12. The third-order valence-electron chi connectivity index (χ3n) is 12.3. The molecule has 7 nitrogen and oxygen atoms in total. The van der Waals surface area contributed by atoms with E-state index in [-0.39, 0.29) is 0 Å². The van der Waals surface area contributed by atoms with E-state index in [0.717, 1.165) is 99.5 Å². The van der Waals surface area contributed by atoms with Crippen molar-refractivity contribution < 1.29 is 4.42 Å². The second-order valence-electron chi connectivity index (χ2n) is 16.2. The summed E-state index contributed by atoms with van der Waals surface area (Å²) in [5.41, 5.74) is 14.5. The topological polar surface area (TPSA) is 84.9 Å². The number of para-hydroxylation sites is 1. The van der Waals surface area contributed by atoms with Crippen molar-refractivity contribution in [3.8, 4) is 79.3 Å². The molecule has 306 valence electrons. The number of nitrogens with zero attached hydrogens (tertiary/aromatic N) is 6. The van der Waals surface area contributed by atoms with Crippen LogP contribution < -0.4 is 0 Å². The maximum Gasteiger partial charge on any atom is 0.187 e. The van der Waals surface area contributed by atoms with Crippen LogP contribution in [0, 0.1) is 17.9 Å². The summed E-state index contributed by atoms with van der Waals surface area (Å²) in [6.45, 7) is 7.51. The van der Waals surface area contributed by atoms with Crippen molar-refractivity contribution >= 4 is 49.4 Å². The van der Waals surface area contributed by atoms with Gasteiger partial charge in [0, 0.05) is 38.2 Å². The van der Waals surface area contributed by atoms with Crippen LogP contribution in [-0.2, 0) is 0 Å². The number of fused-ring (bicyclic) bond motifs is 6. The highest BCUT2D eigenvalue weighted by Crippen LogP contribution is 2.42. The monoisotopic (exact) mass is 842 g/mol. The van der Waals surface area contributed by atoms with Gasteiger partial charge in [-0.15, -0.1) is 0 Å². The lowest BCUT2D eigenvalue weighted by Crippen LogP contribution is -2.04. The van der Waals surface area contributed by atoms with E-state index in [0.29, 0.717) is 28.7 Å². The average Bonchev–Trinajstić information content (AvgIpc) is 3.93. The second kappa shape index (κ2) is 15.7. The molecule has 0 bridgehead atoms. The number of hydrogen-bond acceptors (Lipinski definition) is 5. The number of nitriles is 1. The van der Waals surface area contributed by atoms with Gasteiger partial charge in [0.05, 0.1) is 34.9 Å². The molecule has 66 heavy (non-hydrogen) atoms. The molecule has 0 saturated heterocycles. The molecular formula is C59H34N6O. The average molecular weight is 843 g/mol. The SMILES string of the molecule is [C-]#[N+]c1ccc(-c2ccc3c(c2)c2cc(-c4ccc(C#N)cc4)ccc2n3-c2ccc(-c3ccc4c(c3)oc3ccccc34)cc2-c2nc(-c3ccccc3)nc(-c3ccccc3)n2)cc1. The van der Waals surface area contributed by atoms with E-state index in [2.05, 4.69) is 94.3 Å². The first-order valence-electron chi connectivity index (χ1n) is 21.6. The molecule has 12 aromatic rings. The molecule has 0 amide bonds. The summed E-state index contributed by atoms with van der Waals surface area (Å²) in [4.78, 5) is 19.2. The Morgan fingerprint density at radius 3 is 1.55 bits per heavy atom. The molecule has 0 spiro atoms. The Kier molecular flexibility index (Phi) is 9.12.